The normalized spacial score (nSPS) is 12.3. The summed E-state index contributed by atoms with van der Waals surface area (Å²) in [4.78, 5) is 40.4. The second-order valence-corrected chi connectivity index (χ2v) is 10.7. The van der Waals surface area contributed by atoms with Gasteiger partial charge in [0.25, 0.3) is 0 Å². The van der Waals surface area contributed by atoms with Crippen molar-refractivity contribution in [2.75, 3.05) is 13.1 Å². The lowest BCUT2D eigenvalue weighted by molar-refractivity contribution is -0.121. The van der Waals surface area contributed by atoms with Crippen molar-refractivity contribution in [3.8, 4) is 0 Å². The number of ether oxygens (including phenoxy) is 2. The van der Waals surface area contributed by atoms with Crippen molar-refractivity contribution in [1.29, 1.82) is 0 Å². The Balaban J connectivity index is 4.40. The molecule has 0 aliphatic carbocycles. The highest BCUT2D eigenvalue weighted by Gasteiger charge is 2.21. The molecule has 0 aliphatic heterocycles. The molecule has 0 fully saturated rings. The summed E-state index contributed by atoms with van der Waals surface area (Å²) in [5, 5.41) is 7.82. The molecule has 0 saturated carbocycles. The lowest BCUT2D eigenvalue weighted by Gasteiger charge is -2.22. The molecule has 0 spiro atoms. The predicted octanol–water partition coefficient (Wildman–Crippen LogP) is 4.37. The van der Waals surface area contributed by atoms with Crippen LogP contribution in [0.25, 0.3) is 0 Å². The molecule has 0 aliphatic rings. The van der Waals surface area contributed by atoms with Crippen LogP contribution in [0, 0.1) is 0 Å². The van der Waals surface area contributed by atoms with E-state index in [1.54, 1.807) is 41.5 Å². The minimum Gasteiger partial charge on any atom is -0.444 e. The van der Waals surface area contributed by atoms with Crippen molar-refractivity contribution in [3.63, 3.8) is 0 Å². The number of alkyl carbamates (subject to hydrolysis) is 2. The van der Waals surface area contributed by atoms with Crippen LogP contribution < -0.4 is 21.7 Å². The summed E-state index contributed by atoms with van der Waals surface area (Å²) in [5.41, 5.74) is 4.66. The monoisotopic (exact) mass is 499 g/mol. The van der Waals surface area contributed by atoms with E-state index in [0.29, 0.717) is 25.9 Å². The molecule has 0 saturated heterocycles. The molecule has 10 heteroatoms. The van der Waals surface area contributed by atoms with E-state index in [4.69, 9.17) is 15.2 Å². The number of guanidine groups is 1. The van der Waals surface area contributed by atoms with E-state index < -0.39 is 23.4 Å². The molecule has 0 unspecified atom stereocenters. The molecule has 10 nitrogen and oxygen atoms in total. The van der Waals surface area contributed by atoms with Gasteiger partial charge in [-0.25, -0.2) is 9.59 Å². The van der Waals surface area contributed by atoms with Gasteiger partial charge in [0.15, 0.2) is 0 Å². The van der Waals surface area contributed by atoms with Crippen LogP contribution >= 0.6 is 0 Å². The van der Waals surface area contributed by atoms with Crippen LogP contribution in [0.15, 0.2) is 4.99 Å². The predicted molar refractivity (Wildman–Crippen MR) is 139 cm³/mol. The molecule has 35 heavy (non-hydrogen) atoms. The summed E-state index contributed by atoms with van der Waals surface area (Å²) in [6.07, 6.45) is 6.73. The third-order valence-corrected chi connectivity index (χ3v) is 4.54. The van der Waals surface area contributed by atoms with Gasteiger partial charge in [-0.2, -0.15) is 0 Å². The molecule has 204 valence electrons. The fourth-order valence-electron chi connectivity index (χ4n) is 2.99. The summed E-state index contributed by atoms with van der Waals surface area (Å²) < 4.78 is 10.4. The molecular formula is C25H49N5O5. The zero-order valence-corrected chi connectivity index (χ0v) is 22.9. The number of nitrogens with zero attached hydrogens (tertiary/aromatic N) is 1. The molecule has 0 rings (SSSR count). The first-order valence-electron chi connectivity index (χ1n) is 12.8. The third-order valence-electron chi connectivity index (χ3n) is 4.54. The zero-order chi connectivity index (χ0) is 26.9. The lowest BCUT2D eigenvalue weighted by Crippen LogP contribution is -2.47. The minimum atomic E-state index is -0.724. The number of carbonyl (C=O) groups is 3. The number of rotatable bonds is 13. The van der Waals surface area contributed by atoms with E-state index >= 15 is 0 Å². The number of nitrogens with two attached hydrogens (primary N) is 1. The Hall–Kier alpha value is -2.36. The van der Waals surface area contributed by atoms with E-state index in [1.165, 1.54) is 12.8 Å². The number of hydrogen-bond donors (Lipinski definition) is 4. The first kappa shape index (κ1) is 32.6. The number of nitrogens with one attached hydrogen (secondary N) is 3. The quantitative estimate of drug-likeness (QED) is 0.168. The van der Waals surface area contributed by atoms with Crippen LogP contribution in [0.2, 0.25) is 0 Å². The molecule has 3 amide bonds. The molecule has 0 aromatic rings. The van der Waals surface area contributed by atoms with Gasteiger partial charge >= 0.3 is 12.2 Å². The van der Waals surface area contributed by atoms with Crippen LogP contribution in [0.5, 0.6) is 0 Å². The van der Waals surface area contributed by atoms with Crippen molar-refractivity contribution in [3.05, 3.63) is 0 Å². The Labute approximate surface area is 211 Å². The van der Waals surface area contributed by atoms with Gasteiger partial charge in [0, 0.05) is 25.6 Å². The van der Waals surface area contributed by atoms with Gasteiger partial charge in [-0.05, 0) is 67.2 Å². The van der Waals surface area contributed by atoms with Gasteiger partial charge in [0.2, 0.25) is 11.9 Å². The van der Waals surface area contributed by atoms with Gasteiger partial charge in [-0.3, -0.25) is 20.4 Å². The second kappa shape index (κ2) is 17.1. The maximum atomic E-state index is 12.1. The molecular weight excluding hydrogens is 450 g/mol. The summed E-state index contributed by atoms with van der Waals surface area (Å²) in [6.45, 7) is 13.6. The number of aliphatic imine (C=N–C) groups is 1. The first-order valence-corrected chi connectivity index (χ1v) is 12.8. The maximum Gasteiger partial charge on any atom is 0.414 e. The van der Waals surface area contributed by atoms with Crippen molar-refractivity contribution in [2.45, 2.75) is 123 Å². The van der Waals surface area contributed by atoms with Crippen LogP contribution in [0.3, 0.4) is 0 Å². The highest BCUT2D eigenvalue weighted by atomic mass is 16.6. The SMILES string of the molecule is CCCCCC[C@@H](N)CC(=O)NCCCCCN=C(NC(=O)OC(C)(C)C)NC(=O)OC(C)(C)C. The van der Waals surface area contributed by atoms with Gasteiger partial charge < -0.3 is 20.5 Å². The van der Waals surface area contributed by atoms with Gasteiger partial charge in [-0.1, -0.05) is 32.6 Å². The fraction of sp³-hybridized carbons (Fsp3) is 0.840. The van der Waals surface area contributed by atoms with Crippen molar-refractivity contribution >= 4 is 24.1 Å². The van der Waals surface area contributed by atoms with Gasteiger partial charge in [0.1, 0.15) is 11.2 Å². The smallest absolute Gasteiger partial charge is 0.414 e. The maximum absolute atomic E-state index is 12.1. The molecule has 0 radical (unpaired) electrons. The Morgan fingerprint density at radius 1 is 0.829 bits per heavy atom. The molecule has 0 aromatic heterocycles. The van der Waals surface area contributed by atoms with Crippen molar-refractivity contribution < 1.29 is 23.9 Å². The van der Waals surface area contributed by atoms with Crippen LogP contribution in [-0.2, 0) is 14.3 Å². The Bertz CT molecular complexity index is 636. The number of amides is 3. The topological polar surface area (TPSA) is 144 Å². The average Bonchev–Trinajstić information content (AvgIpc) is 2.67. The molecule has 0 heterocycles. The average molecular weight is 500 g/mol. The van der Waals surface area contributed by atoms with Crippen LogP contribution in [-0.4, -0.2) is 54.4 Å². The van der Waals surface area contributed by atoms with Crippen LogP contribution in [0.4, 0.5) is 9.59 Å². The highest BCUT2D eigenvalue weighted by molar-refractivity contribution is 6.01. The standard InChI is InChI=1S/C25H49N5O5/c1-8-9-10-12-15-19(26)18-20(31)27-16-13-11-14-17-28-21(29-22(32)34-24(2,3)4)30-23(33)35-25(5,6)7/h19H,8-18,26H2,1-7H3,(H,27,31)(H2,28,29,30,32,33)/t19-/m1/s1. The Morgan fingerprint density at radius 2 is 1.37 bits per heavy atom. The molecule has 0 aromatic carbocycles. The largest absolute Gasteiger partial charge is 0.444 e. The third kappa shape index (κ3) is 21.9. The van der Waals surface area contributed by atoms with Gasteiger partial charge in [0.05, 0.1) is 0 Å². The van der Waals surface area contributed by atoms with E-state index in [1.807, 2.05) is 0 Å². The van der Waals surface area contributed by atoms with E-state index in [9.17, 15) is 14.4 Å². The molecule has 1 atom stereocenters. The molecule has 0 bridgehead atoms. The summed E-state index contributed by atoms with van der Waals surface area (Å²) in [5.74, 6) is -0.0499. The van der Waals surface area contributed by atoms with Crippen molar-refractivity contribution in [2.24, 2.45) is 10.7 Å². The van der Waals surface area contributed by atoms with E-state index in [0.717, 1.165) is 32.1 Å². The van der Waals surface area contributed by atoms with E-state index in [-0.39, 0.29) is 17.9 Å². The number of hydrogen-bond acceptors (Lipinski definition) is 7. The van der Waals surface area contributed by atoms with Gasteiger partial charge in [-0.15, -0.1) is 0 Å². The summed E-state index contributed by atoms with van der Waals surface area (Å²) >= 11 is 0. The zero-order valence-electron chi connectivity index (χ0n) is 22.9. The van der Waals surface area contributed by atoms with Crippen LogP contribution in [0.1, 0.15) is 106 Å². The first-order chi connectivity index (χ1) is 16.2. The fourth-order valence-corrected chi connectivity index (χ4v) is 2.99. The highest BCUT2D eigenvalue weighted by Crippen LogP contribution is 2.08. The number of carbonyl (C=O) groups excluding carboxylic acids is 3. The second-order valence-electron chi connectivity index (χ2n) is 10.7. The Kier molecular flexibility index (Phi) is 16.0. The summed E-state index contributed by atoms with van der Waals surface area (Å²) in [7, 11) is 0. The van der Waals surface area contributed by atoms with Crippen molar-refractivity contribution in [1.82, 2.24) is 16.0 Å². The Morgan fingerprint density at radius 3 is 1.89 bits per heavy atom. The molecule has 5 N–H and O–H groups in total. The number of unbranched alkanes of at least 4 members (excludes halogenated alkanes) is 5. The van der Waals surface area contributed by atoms with E-state index in [2.05, 4.69) is 27.9 Å². The minimum absolute atomic E-state index is 0.0172. The summed E-state index contributed by atoms with van der Waals surface area (Å²) in [6, 6.07) is -0.0884. The lowest BCUT2D eigenvalue weighted by atomic mass is 10.1.